The lowest BCUT2D eigenvalue weighted by Gasteiger charge is -2.14. The summed E-state index contributed by atoms with van der Waals surface area (Å²) in [5.41, 5.74) is 6.15. The molecule has 5 heteroatoms. The summed E-state index contributed by atoms with van der Waals surface area (Å²) in [5, 5.41) is 3.27. The Kier molecular flexibility index (Phi) is 5.98. The van der Waals surface area contributed by atoms with Crippen LogP contribution in [0.1, 0.15) is 45.7 Å². The first-order valence-corrected chi connectivity index (χ1v) is 6.79. The summed E-state index contributed by atoms with van der Waals surface area (Å²) in [6.45, 7) is 6.62. The summed E-state index contributed by atoms with van der Waals surface area (Å²) in [6.07, 6.45) is 5.24. The molecule has 1 atom stereocenters. The lowest BCUT2D eigenvalue weighted by Crippen LogP contribution is -2.19. The fraction of sp³-hybridized carbons (Fsp3) is 0.615. The average molecular weight is 266 g/mol. The molecule has 1 rings (SSSR count). The van der Waals surface area contributed by atoms with Gasteiger partial charge in [-0.2, -0.15) is 0 Å². The van der Waals surface area contributed by atoms with Crippen LogP contribution in [0.3, 0.4) is 0 Å². The second kappa shape index (κ2) is 7.26. The number of rotatable bonds is 7. The topological polar surface area (TPSA) is 63.8 Å². The van der Waals surface area contributed by atoms with Crippen LogP contribution >= 0.6 is 12.2 Å². The van der Waals surface area contributed by atoms with Crippen LogP contribution in [-0.4, -0.2) is 21.0 Å². The van der Waals surface area contributed by atoms with Crippen LogP contribution in [-0.2, 0) is 0 Å². The van der Waals surface area contributed by atoms with Crippen molar-refractivity contribution in [1.29, 1.82) is 0 Å². The molecule has 4 nitrogen and oxygen atoms in total. The minimum atomic E-state index is 0.299. The van der Waals surface area contributed by atoms with Crippen LogP contribution in [0.25, 0.3) is 0 Å². The van der Waals surface area contributed by atoms with E-state index < -0.39 is 0 Å². The molecule has 100 valence electrons. The lowest BCUT2D eigenvalue weighted by molar-refractivity contribution is 0.519. The highest BCUT2D eigenvalue weighted by Gasteiger charge is 2.06. The number of aromatic nitrogens is 2. The Hall–Kier alpha value is -1.23. The van der Waals surface area contributed by atoms with Crippen molar-refractivity contribution in [3.63, 3.8) is 0 Å². The van der Waals surface area contributed by atoms with Gasteiger partial charge in [-0.15, -0.1) is 0 Å². The number of nitrogens with two attached hydrogens (primary N) is 1. The van der Waals surface area contributed by atoms with Crippen LogP contribution in [0.4, 0.5) is 5.95 Å². The number of nitrogens with zero attached hydrogens (tertiary/aromatic N) is 2. The third kappa shape index (κ3) is 5.40. The maximum absolute atomic E-state index is 5.54. The molecule has 0 aliphatic carbocycles. The van der Waals surface area contributed by atoms with E-state index in [-0.39, 0.29) is 0 Å². The van der Waals surface area contributed by atoms with Crippen molar-refractivity contribution in [2.24, 2.45) is 11.7 Å². The molecule has 1 aromatic rings. The van der Waals surface area contributed by atoms with Crippen molar-refractivity contribution >= 4 is 23.2 Å². The van der Waals surface area contributed by atoms with Crippen LogP contribution in [0, 0.1) is 5.92 Å². The zero-order valence-electron chi connectivity index (χ0n) is 11.3. The van der Waals surface area contributed by atoms with Crippen LogP contribution in [0.2, 0.25) is 0 Å². The van der Waals surface area contributed by atoms with E-state index in [0.29, 0.717) is 22.7 Å². The number of anilines is 1. The molecule has 0 amide bonds. The Labute approximate surface area is 114 Å². The van der Waals surface area contributed by atoms with E-state index in [9.17, 15) is 0 Å². The molecule has 0 fully saturated rings. The fourth-order valence-electron chi connectivity index (χ4n) is 1.69. The van der Waals surface area contributed by atoms with E-state index in [1.165, 1.54) is 12.8 Å². The van der Waals surface area contributed by atoms with E-state index in [1.54, 1.807) is 12.3 Å². The first-order chi connectivity index (χ1) is 8.49. The summed E-state index contributed by atoms with van der Waals surface area (Å²) in [4.78, 5) is 8.73. The predicted octanol–water partition coefficient (Wildman–Crippen LogP) is 2.74. The van der Waals surface area contributed by atoms with Gasteiger partial charge in [0.1, 0.15) is 10.7 Å². The number of thiocarbonyl (C=S) groups is 1. The highest BCUT2D eigenvalue weighted by Crippen LogP contribution is 2.11. The molecule has 0 aromatic carbocycles. The van der Waals surface area contributed by atoms with Crippen LogP contribution in [0.5, 0.6) is 0 Å². The van der Waals surface area contributed by atoms with E-state index >= 15 is 0 Å². The van der Waals surface area contributed by atoms with Gasteiger partial charge in [-0.05, 0) is 25.3 Å². The maximum Gasteiger partial charge on any atom is 0.223 e. The Balaban J connectivity index is 2.46. The highest BCUT2D eigenvalue weighted by atomic mass is 32.1. The summed E-state index contributed by atoms with van der Waals surface area (Å²) in [7, 11) is 0. The summed E-state index contributed by atoms with van der Waals surface area (Å²) in [5.74, 6) is 1.35. The van der Waals surface area contributed by atoms with Gasteiger partial charge in [-0.1, -0.05) is 38.9 Å². The molecule has 0 bridgehead atoms. The Bertz CT molecular complexity index is 392. The minimum Gasteiger partial charge on any atom is -0.388 e. The van der Waals surface area contributed by atoms with E-state index in [1.807, 2.05) is 0 Å². The second-order valence-corrected chi connectivity index (χ2v) is 5.44. The van der Waals surface area contributed by atoms with Crippen molar-refractivity contribution in [2.45, 2.75) is 46.1 Å². The Morgan fingerprint density at radius 2 is 2.11 bits per heavy atom. The molecule has 3 N–H and O–H groups in total. The molecule has 1 unspecified atom stereocenters. The monoisotopic (exact) mass is 266 g/mol. The quantitative estimate of drug-likeness (QED) is 0.743. The minimum absolute atomic E-state index is 0.299. The van der Waals surface area contributed by atoms with Gasteiger partial charge < -0.3 is 11.1 Å². The standard InChI is InChI=1S/C13H22N4S/c1-9(2)5-4-6-10(3)16-13-15-8-7-11(17-13)12(14)18/h7-10H,4-6H2,1-3H3,(H2,14,18)(H,15,16,17). The van der Waals surface area contributed by atoms with Crippen LogP contribution < -0.4 is 11.1 Å². The molecule has 0 saturated carbocycles. The summed E-state index contributed by atoms with van der Waals surface area (Å²) in [6, 6.07) is 2.07. The molecular weight excluding hydrogens is 244 g/mol. The summed E-state index contributed by atoms with van der Waals surface area (Å²) >= 11 is 4.89. The molecule has 1 heterocycles. The normalized spacial score (nSPS) is 12.4. The second-order valence-electron chi connectivity index (χ2n) is 5.00. The smallest absolute Gasteiger partial charge is 0.223 e. The van der Waals surface area contributed by atoms with Gasteiger partial charge in [0.2, 0.25) is 5.95 Å². The molecule has 0 saturated heterocycles. The van der Waals surface area contributed by atoms with Gasteiger partial charge >= 0.3 is 0 Å². The fourth-order valence-corrected chi connectivity index (χ4v) is 1.80. The number of nitrogens with one attached hydrogen (secondary N) is 1. The van der Waals surface area contributed by atoms with E-state index in [2.05, 4.69) is 36.1 Å². The van der Waals surface area contributed by atoms with Gasteiger partial charge in [0, 0.05) is 12.2 Å². The van der Waals surface area contributed by atoms with Crippen molar-refractivity contribution in [3.05, 3.63) is 18.0 Å². The van der Waals surface area contributed by atoms with Gasteiger partial charge in [0.05, 0.1) is 0 Å². The molecule has 18 heavy (non-hydrogen) atoms. The number of hydrogen-bond donors (Lipinski definition) is 2. The molecule has 0 radical (unpaired) electrons. The SMILES string of the molecule is CC(C)CCCC(C)Nc1nccc(C(N)=S)n1. The van der Waals surface area contributed by atoms with Crippen molar-refractivity contribution in [1.82, 2.24) is 9.97 Å². The molecule has 0 aliphatic rings. The van der Waals surface area contributed by atoms with Crippen LogP contribution in [0.15, 0.2) is 12.3 Å². The van der Waals surface area contributed by atoms with Gasteiger partial charge in [-0.3, -0.25) is 0 Å². The average Bonchev–Trinajstić information content (AvgIpc) is 2.28. The third-order valence-electron chi connectivity index (χ3n) is 2.70. The van der Waals surface area contributed by atoms with Crippen molar-refractivity contribution in [2.75, 3.05) is 5.32 Å². The van der Waals surface area contributed by atoms with Crippen molar-refractivity contribution < 1.29 is 0 Å². The lowest BCUT2D eigenvalue weighted by atomic mass is 10.0. The Morgan fingerprint density at radius 1 is 1.39 bits per heavy atom. The molecule has 0 aliphatic heterocycles. The predicted molar refractivity (Wildman–Crippen MR) is 79.7 cm³/mol. The van der Waals surface area contributed by atoms with E-state index in [0.717, 1.165) is 12.3 Å². The first kappa shape index (κ1) is 14.8. The van der Waals surface area contributed by atoms with E-state index in [4.69, 9.17) is 18.0 Å². The Morgan fingerprint density at radius 3 is 2.72 bits per heavy atom. The van der Waals surface area contributed by atoms with Crippen molar-refractivity contribution in [3.8, 4) is 0 Å². The zero-order valence-corrected chi connectivity index (χ0v) is 12.1. The maximum atomic E-state index is 5.54. The summed E-state index contributed by atoms with van der Waals surface area (Å²) < 4.78 is 0. The van der Waals surface area contributed by atoms with Gasteiger partial charge in [0.15, 0.2) is 0 Å². The zero-order chi connectivity index (χ0) is 13.5. The largest absolute Gasteiger partial charge is 0.388 e. The molecular formula is C13H22N4S. The van der Waals surface area contributed by atoms with Gasteiger partial charge in [0.25, 0.3) is 0 Å². The highest BCUT2D eigenvalue weighted by molar-refractivity contribution is 7.80. The molecule has 0 spiro atoms. The number of hydrogen-bond acceptors (Lipinski definition) is 4. The third-order valence-corrected chi connectivity index (χ3v) is 2.91. The first-order valence-electron chi connectivity index (χ1n) is 6.38. The molecule has 1 aromatic heterocycles. The van der Waals surface area contributed by atoms with Gasteiger partial charge in [-0.25, -0.2) is 9.97 Å².